The van der Waals surface area contributed by atoms with Crippen LogP contribution in [0.1, 0.15) is 27.7 Å². The van der Waals surface area contributed by atoms with Crippen molar-refractivity contribution in [2.24, 2.45) is 0 Å². The molecular formula is C20H15F3N6O2. The number of pyridine rings is 1. The molecule has 158 valence electrons. The molecule has 0 aliphatic carbocycles. The van der Waals surface area contributed by atoms with E-state index < -0.39 is 23.7 Å². The number of nitrogens with two attached hydrogens (primary N) is 1. The van der Waals surface area contributed by atoms with E-state index in [9.17, 15) is 18.0 Å². The van der Waals surface area contributed by atoms with Gasteiger partial charge in [-0.3, -0.25) is 9.20 Å². The van der Waals surface area contributed by atoms with E-state index in [1.54, 1.807) is 30.0 Å². The molecule has 11 heteroatoms. The fraction of sp³-hybridized carbons (Fsp3) is 0.200. The number of rotatable bonds is 2. The Labute approximate surface area is 173 Å². The Kier molecular flexibility index (Phi) is 4.04. The number of halogens is 3. The van der Waals surface area contributed by atoms with Crippen molar-refractivity contribution in [3.8, 4) is 5.75 Å². The lowest BCUT2D eigenvalue weighted by atomic mass is 10.0. The van der Waals surface area contributed by atoms with Gasteiger partial charge in [0.05, 0.1) is 35.8 Å². The number of fused-ring (bicyclic) bond motifs is 4. The zero-order chi connectivity index (χ0) is 21.9. The molecule has 5 rings (SSSR count). The fourth-order valence-electron chi connectivity index (χ4n) is 3.71. The summed E-state index contributed by atoms with van der Waals surface area (Å²) in [5, 5.41) is 0. The van der Waals surface area contributed by atoms with Crippen LogP contribution in [-0.2, 0) is 6.18 Å². The number of anilines is 1. The van der Waals surface area contributed by atoms with Crippen LogP contribution in [0, 0.1) is 0 Å². The van der Waals surface area contributed by atoms with Gasteiger partial charge in [0.1, 0.15) is 34.9 Å². The van der Waals surface area contributed by atoms with Crippen LogP contribution >= 0.6 is 0 Å². The second-order valence-corrected chi connectivity index (χ2v) is 7.20. The Hall–Kier alpha value is -3.89. The van der Waals surface area contributed by atoms with Crippen LogP contribution < -0.4 is 10.5 Å². The number of likely N-dealkylation sites (N-methyl/N-ethyl adjacent to an activating group) is 1. The zero-order valence-electron chi connectivity index (χ0n) is 16.1. The van der Waals surface area contributed by atoms with E-state index in [2.05, 4.69) is 15.0 Å². The number of aromatic nitrogens is 4. The van der Waals surface area contributed by atoms with Crippen LogP contribution in [0.3, 0.4) is 0 Å². The quantitative estimate of drug-likeness (QED) is 0.527. The summed E-state index contributed by atoms with van der Waals surface area (Å²) < 4.78 is 46.0. The lowest BCUT2D eigenvalue weighted by molar-refractivity contribution is -0.137. The van der Waals surface area contributed by atoms with Crippen molar-refractivity contribution in [3.63, 3.8) is 0 Å². The van der Waals surface area contributed by atoms with Crippen molar-refractivity contribution in [1.82, 2.24) is 24.3 Å². The van der Waals surface area contributed by atoms with Gasteiger partial charge in [-0.1, -0.05) is 6.07 Å². The first kappa shape index (κ1) is 19.1. The third-order valence-electron chi connectivity index (χ3n) is 5.37. The average molecular weight is 428 g/mol. The van der Waals surface area contributed by atoms with E-state index in [0.29, 0.717) is 27.9 Å². The second kappa shape index (κ2) is 6.56. The standard InChI is InChI=1S/C20H15F3N6O2/c1-28(16-8-31-17-4-10(20(21,22)23)2-3-11(16)17)19(30)12-5-14-13(6-26-12)27-18(24)15-7-25-9-29(14)15/h2-7,9,16H,8H2,1H3,(H2,24,27)/t16-/m1/s1. The summed E-state index contributed by atoms with van der Waals surface area (Å²) in [5.74, 6) is 0.0000140. The molecule has 0 unspecified atom stereocenters. The lowest BCUT2D eigenvalue weighted by Crippen LogP contribution is -2.32. The maximum atomic E-state index is 13.1. The Balaban J connectivity index is 1.49. The molecule has 3 aromatic heterocycles. The number of hydrogen-bond donors (Lipinski definition) is 1. The molecule has 0 radical (unpaired) electrons. The van der Waals surface area contributed by atoms with Crippen LogP contribution in [0.15, 0.2) is 43.0 Å². The summed E-state index contributed by atoms with van der Waals surface area (Å²) in [4.78, 5) is 27.1. The van der Waals surface area contributed by atoms with Crippen molar-refractivity contribution >= 4 is 28.3 Å². The SMILES string of the molecule is CN(C(=O)c1cc2c(cn1)nc(N)c1cncn12)[C@@H]1COc2cc(C(F)(F)F)ccc21. The number of hydrogen-bond acceptors (Lipinski definition) is 6. The molecule has 1 amide bonds. The van der Waals surface area contributed by atoms with Crippen molar-refractivity contribution in [2.45, 2.75) is 12.2 Å². The Morgan fingerprint density at radius 1 is 1.26 bits per heavy atom. The summed E-state index contributed by atoms with van der Waals surface area (Å²) in [7, 11) is 1.56. The Bertz CT molecular complexity index is 1350. The van der Waals surface area contributed by atoms with Gasteiger partial charge in [-0.25, -0.2) is 15.0 Å². The van der Waals surface area contributed by atoms with E-state index in [-0.39, 0.29) is 18.1 Å². The van der Waals surface area contributed by atoms with Gasteiger partial charge >= 0.3 is 6.18 Å². The summed E-state index contributed by atoms with van der Waals surface area (Å²) in [5.41, 5.74) is 7.48. The Morgan fingerprint density at radius 3 is 2.84 bits per heavy atom. The van der Waals surface area contributed by atoms with Gasteiger partial charge in [-0.15, -0.1) is 0 Å². The van der Waals surface area contributed by atoms with Crippen LogP contribution in [-0.4, -0.2) is 43.8 Å². The Morgan fingerprint density at radius 2 is 2.06 bits per heavy atom. The third kappa shape index (κ3) is 3.00. The normalized spacial score (nSPS) is 15.8. The highest BCUT2D eigenvalue weighted by atomic mass is 19.4. The van der Waals surface area contributed by atoms with Gasteiger partial charge in [0, 0.05) is 12.6 Å². The van der Waals surface area contributed by atoms with Crippen molar-refractivity contribution in [2.75, 3.05) is 19.4 Å². The molecule has 4 aromatic rings. The van der Waals surface area contributed by atoms with Gasteiger partial charge in [0.25, 0.3) is 5.91 Å². The number of carbonyl (C=O) groups excluding carboxylic acids is 1. The smallest absolute Gasteiger partial charge is 0.416 e. The number of benzene rings is 1. The van der Waals surface area contributed by atoms with Gasteiger partial charge in [-0.2, -0.15) is 13.2 Å². The first-order chi connectivity index (χ1) is 14.7. The molecule has 4 heterocycles. The number of imidazole rings is 1. The second-order valence-electron chi connectivity index (χ2n) is 7.20. The predicted octanol–water partition coefficient (Wildman–Crippen LogP) is 3.08. The summed E-state index contributed by atoms with van der Waals surface area (Å²) in [6.45, 7) is 0.0519. The van der Waals surface area contributed by atoms with Gasteiger partial charge in [0.15, 0.2) is 0 Å². The molecule has 31 heavy (non-hydrogen) atoms. The number of ether oxygens (including phenoxy) is 1. The van der Waals surface area contributed by atoms with Gasteiger partial charge in [0.2, 0.25) is 0 Å². The van der Waals surface area contributed by atoms with Crippen LogP contribution in [0.2, 0.25) is 0 Å². The summed E-state index contributed by atoms with van der Waals surface area (Å²) in [6.07, 6.45) is 0.106. The molecule has 0 fully saturated rings. The molecule has 1 aliphatic rings. The van der Waals surface area contributed by atoms with E-state index in [4.69, 9.17) is 10.5 Å². The van der Waals surface area contributed by atoms with E-state index in [1.807, 2.05) is 0 Å². The summed E-state index contributed by atoms with van der Waals surface area (Å²) in [6, 6.07) is 4.32. The van der Waals surface area contributed by atoms with Gasteiger partial charge in [-0.05, 0) is 18.2 Å². The summed E-state index contributed by atoms with van der Waals surface area (Å²) >= 11 is 0. The number of alkyl halides is 3. The largest absolute Gasteiger partial charge is 0.491 e. The topological polar surface area (TPSA) is 98.6 Å². The molecule has 2 N–H and O–H groups in total. The molecule has 1 aliphatic heterocycles. The third-order valence-corrected chi connectivity index (χ3v) is 5.37. The molecule has 0 saturated carbocycles. The van der Waals surface area contributed by atoms with Crippen LogP contribution in [0.5, 0.6) is 5.75 Å². The number of carbonyl (C=O) groups is 1. The maximum absolute atomic E-state index is 13.1. The van der Waals surface area contributed by atoms with E-state index in [0.717, 1.165) is 12.1 Å². The lowest BCUT2D eigenvalue weighted by Gasteiger charge is -2.23. The highest BCUT2D eigenvalue weighted by molar-refractivity contribution is 5.96. The maximum Gasteiger partial charge on any atom is 0.416 e. The molecule has 0 spiro atoms. The molecule has 8 nitrogen and oxygen atoms in total. The van der Waals surface area contributed by atoms with Crippen LogP contribution in [0.4, 0.5) is 19.0 Å². The highest BCUT2D eigenvalue weighted by Gasteiger charge is 2.36. The van der Waals surface area contributed by atoms with E-state index >= 15 is 0 Å². The first-order valence-corrected chi connectivity index (χ1v) is 9.22. The minimum atomic E-state index is -4.47. The fourth-order valence-corrected chi connectivity index (χ4v) is 3.71. The van der Waals surface area contributed by atoms with Crippen molar-refractivity contribution in [1.29, 1.82) is 0 Å². The van der Waals surface area contributed by atoms with E-state index in [1.165, 1.54) is 17.2 Å². The van der Waals surface area contributed by atoms with Gasteiger partial charge < -0.3 is 15.4 Å². The molecular weight excluding hydrogens is 413 g/mol. The zero-order valence-corrected chi connectivity index (χ0v) is 16.1. The number of nitrogens with zero attached hydrogens (tertiary/aromatic N) is 5. The molecule has 1 aromatic carbocycles. The molecule has 1 atom stereocenters. The number of nitrogen functional groups attached to an aromatic ring is 1. The molecule has 0 bridgehead atoms. The molecule has 0 saturated heterocycles. The first-order valence-electron chi connectivity index (χ1n) is 9.22. The number of amides is 1. The van der Waals surface area contributed by atoms with Crippen molar-refractivity contribution in [3.05, 3.63) is 59.8 Å². The average Bonchev–Trinajstić information content (AvgIpc) is 3.39. The minimum Gasteiger partial charge on any atom is -0.491 e. The minimum absolute atomic E-state index is 0.0519. The van der Waals surface area contributed by atoms with Crippen molar-refractivity contribution < 1.29 is 22.7 Å². The predicted molar refractivity (Wildman–Crippen MR) is 104 cm³/mol. The highest BCUT2D eigenvalue weighted by Crippen LogP contribution is 2.40. The van der Waals surface area contributed by atoms with Crippen LogP contribution in [0.25, 0.3) is 16.6 Å². The monoisotopic (exact) mass is 428 g/mol.